The topological polar surface area (TPSA) is 39.7 Å². The summed E-state index contributed by atoms with van der Waals surface area (Å²) >= 11 is 0. The number of benzene rings is 1. The van der Waals surface area contributed by atoms with Crippen molar-refractivity contribution in [2.75, 3.05) is 21.3 Å². The van der Waals surface area contributed by atoms with Crippen LogP contribution < -0.4 is 19.5 Å². The normalized spacial score (nSPS) is 21.9. The van der Waals surface area contributed by atoms with Gasteiger partial charge in [-0.3, -0.25) is 0 Å². The summed E-state index contributed by atoms with van der Waals surface area (Å²) in [5.41, 5.74) is 1.09. The average molecular weight is 237 g/mol. The maximum absolute atomic E-state index is 5.92. The first-order valence-corrected chi connectivity index (χ1v) is 5.85. The van der Waals surface area contributed by atoms with E-state index in [9.17, 15) is 0 Å². The van der Waals surface area contributed by atoms with Gasteiger partial charge in [0.2, 0.25) is 0 Å². The minimum Gasteiger partial charge on any atom is -0.496 e. The van der Waals surface area contributed by atoms with Gasteiger partial charge in [-0.25, -0.2) is 0 Å². The van der Waals surface area contributed by atoms with Gasteiger partial charge in [-0.15, -0.1) is 0 Å². The smallest absolute Gasteiger partial charge is 0.132 e. The molecule has 0 amide bonds. The first kappa shape index (κ1) is 12.0. The molecule has 0 aromatic heterocycles. The van der Waals surface area contributed by atoms with E-state index in [-0.39, 0.29) is 12.1 Å². The van der Waals surface area contributed by atoms with Crippen molar-refractivity contribution in [2.24, 2.45) is 0 Å². The first-order valence-electron chi connectivity index (χ1n) is 5.85. The molecule has 0 spiro atoms. The summed E-state index contributed by atoms with van der Waals surface area (Å²) < 4.78 is 16.6. The number of fused-ring (bicyclic) bond motifs is 1. The Labute approximate surface area is 102 Å². The van der Waals surface area contributed by atoms with Crippen molar-refractivity contribution < 1.29 is 14.2 Å². The minimum absolute atomic E-state index is 0.149. The molecule has 17 heavy (non-hydrogen) atoms. The van der Waals surface area contributed by atoms with Crippen LogP contribution in [0, 0.1) is 0 Å². The quantitative estimate of drug-likeness (QED) is 0.871. The molecule has 2 atom stereocenters. The van der Waals surface area contributed by atoms with Gasteiger partial charge in [0.15, 0.2) is 0 Å². The summed E-state index contributed by atoms with van der Waals surface area (Å²) in [6.45, 7) is 2.12. The average Bonchev–Trinajstić information content (AvgIpc) is 2.74. The molecule has 0 radical (unpaired) electrons. The zero-order valence-corrected chi connectivity index (χ0v) is 10.7. The fourth-order valence-electron chi connectivity index (χ4n) is 2.33. The van der Waals surface area contributed by atoms with Crippen molar-refractivity contribution in [3.63, 3.8) is 0 Å². The molecule has 1 N–H and O–H groups in total. The third-order valence-corrected chi connectivity index (χ3v) is 3.21. The van der Waals surface area contributed by atoms with Crippen LogP contribution in [0.1, 0.15) is 24.9 Å². The van der Waals surface area contributed by atoms with Crippen LogP contribution in [0.3, 0.4) is 0 Å². The van der Waals surface area contributed by atoms with Gasteiger partial charge in [-0.05, 0) is 13.5 Å². The van der Waals surface area contributed by atoms with Crippen molar-refractivity contribution in [2.45, 2.75) is 25.5 Å². The van der Waals surface area contributed by atoms with E-state index in [1.807, 2.05) is 19.2 Å². The SMILES string of the molecule is CCC1Oc2cc(OC)cc(OC)c2C1NC. The molecule has 2 unspecified atom stereocenters. The fraction of sp³-hybridized carbons (Fsp3) is 0.538. The molecular weight excluding hydrogens is 218 g/mol. The minimum atomic E-state index is 0.149. The summed E-state index contributed by atoms with van der Waals surface area (Å²) in [6, 6.07) is 3.98. The van der Waals surface area contributed by atoms with Gasteiger partial charge in [-0.2, -0.15) is 0 Å². The lowest BCUT2D eigenvalue weighted by atomic mass is 10.0. The molecule has 1 heterocycles. The Morgan fingerprint density at radius 2 is 2.06 bits per heavy atom. The number of likely N-dealkylation sites (N-methyl/N-ethyl adjacent to an activating group) is 1. The molecule has 2 rings (SSSR count). The Kier molecular flexibility index (Phi) is 3.43. The zero-order chi connectivity index (χ0) is 12.4. The van der Waals surface area contributed by atoms with E-state index in [0.29, 0.717) is 0 Å². The summed E-state index contributed by atoms with van der Waals surface area (Å²) in [4.78, 5) is 0. The standard InChI is InChI=1S/C13H19NO3/c1-5-9-13(14-2)12-10(16-4)6-8(15-3)7-11(12)17-9/h6-7,9,13-14H,5H2,1-4H3. The van der Waals surface area contributed by atoms with E-state index in [4.69, 9.17) is 14.2 Å². The zero-order valence-electron chi connectivity index (χ0n) is 10.7. The van der Waals surface area contributed by atoms with Gasteiger partial charge < -0.3 is 19.5 Å². The Morgan fingerprint density at radius 3 is 2.59 bits per heavy atom. The van der Waals surface area contributed by atoms with Crippen LogP contribution in [0.2, 0.25) is 0 Å². The summed E-state index contributed by atoms with van der Waals surface area (Å²) in [5.74, 6) is 2.43. The highest BCUT2D eigenvalue weighted by Crippen LogP contribution is 2.45. The van der Waals surface area contributed by atoms with Crippen molar-refractivity contribution in [1.29, 1.82) is 0 Å². The third kappa shape index (κ3) is 1.93. The maximum atomic E-state index is 5.92. The lowest BCUT2D eigenvalue weighted by Crippen LogP contribution is -2.27. The van der Waals surface area contributed by atoms with Gasteiger partial charge in [-0.1, -0.05) is 6.92 Å². The van der Waals surface area contributed by atoms with Crippen molar-refractivity contribution in [3.8, 4) is 17.2 Å². The molecule has 0 saturated heterocycles. The van der Waals surface area contributed by atoms with Gasteiger partial charge in [0.25, 0.3) is 0 Å². The Morgan fingerprint density at radius 1 is 1.29 bits per heavy atom. The van der Waals surface area contributed by atoms with Crippen LogP contribution in [0.4, 0.5) is 0 Å². The molecule has 1 aliphatic rings. The second-order valence-corrected chi connectivity index (χ2v) is 4.07. The molecular formula is C13H19NO3. The van der Waals surface area contributed by atoms with E-state index < -0.39 is 0 Å². The van der Waals surface area contributed by atoms with Crippen LogP contribution in [0.25, 0.3) is 0 Å². The highest BCUT2D eigenvalue weighted by Gasteiger charge is 2.35. The summed E-state index contributed by atoms with van der Waals surface area (Å²) in [5, 5.41) is 3.29. The third-order valence-electron chi connectivity index (χ3n) is 3.21. The molecule has 0 saturated carbocycles. The number of hydrogen-bond donors (Lipinski definition) is 1. The molecule has 94 valence electrons. The number of hydrogen-bond acceptors (Lipinski definition) is 4. The lowest BCUT2D eigenvalue weighted by Gasteiger charge is -2.17. The molecule has 4 nitrogen and oxygen atoms in total. The van der Waals surface area contributed by atoms with Crippen molar-refractivity contribution in [1.82, 2.24) is 5.32 Å². The molecule has 4 heteroatoms. The highest BCUT2D eigenvalue weighted by molar-refractivity contribution is 5.55. The lowest BCUT2D eigenvalue weighted by molar-refractivity contribution is 0.189. The summed E-state index contributed by atoms with van der Waals surface area (Å²) in [6.07, 6.45) is 1.10. The van der Waals surface area contributed by atoms with Crippen LogP contribution in [-0.4, -0.2) is 27.4 Å². The van der Waals surface area contributed by atoms with E-state index in [1.54, 1.807) is 14.2 Å². The van der Waals surface area contributed by atoms with Crippen molar-refractivity contribution in [3.05, 3.63) is 17.7 Å². The van der Waals surface area contributed by atoms with E-state index >= 15 is 0 Å². The maximum Gasteiger partial charge on any atom is 0.132 e. The second-order valence-electron chi connectivity index (χ2n) is 4.07. The van der Waals surface area contributed by atoms with Crippen LogP contribution in [0.15, 0.2) is 12.1 Å². The largest absolute Gasteiger partial charge is 0.496 e. The second kappa shape index (κ2) is 4.84. The predicted octanol–water partition coefficient (Wildman–Crippen LogP) is 2.14. The Balaban J connectivity index is 2.48. The van der Waals surface area contributed by atoms with Gasteiger partial charge in [0, 0.05) is 12.1 Å². The van der Waals surface area contributed by atoms with Crippen LogP contribution in [-0.2, 0) is 0 Å². The number of methoxy groups -OCH3 is 2. The van der Waals surface area contributed by atoms with Crippen LogP contribution in [0.5, 0.6) is 17.2 Å². The van der Waals surface area contributed by atoms with Crippen LogP contribution >= 0.6 is 0 Å². The number of nitrogens with one attached hydrogen (secondary N) is 1. The monoisotopic (exact) mass is 237 g/mol. The van der Waals surface area contributed by atoms with Gasteiger partial charge in [0.05, 0.1) is 25.8 Å². The van der Waals surface area contributed by atoms with Gasteiger partial charge in [0.1, 0.15) is 23.4 Å². The fourth-order valence-corrected chi connectivity index (χ4v) is 2.33. The van der Waals surface area contributed by atoms with E-state index in [1.165, 1.54) is 0 Å². The molecule has 0 bridgehead atoms. The van der Waals surface area contributed by atoms with E-state index in [2.05, 4.69) is 12.2 Å². The predicted molar refractivity (Wildman–Crippen MR) is 66.1 cm³/mol. The number of rotatable bonds is 4. The summed E-state index contributed by atoms with van der Waals surface area (Å²) in [7, 11) is 5.25. The highest BCUT2D eigenvalue weighted by atomic mass is 16.5. The molecule has 0 aliphatic carbocycles. The molecule has 1 aromatic carbocycles. The molecule has 0 fully saturated rings. The first-order chi connectivity index (χ1) is 8.24. The molecule has 1 aromatic rings. The molecule has 1 aliphatic heterocycles. The number of ether oxygens (including phenoxy) is 3. The van der Waals surface area contributed by atoms with Gasteiger partial charge >= 0.3 is 0 Å². The van der Waals surface area contributed by atoms with Crippen molar-refractivity contribution >= 4 is 0 Å². The van der Waals surface area contributed by atoms with E-state index in [0.717, 1.165) is 29.2 Å². The Hall–Kier alpha value is -1.42. The Bertz CT molecular complexity index is 406.